The van der Waals surface area contributed by atoms with Crippen molar-refractivity contribution in [3.63, 3.8) is 0 Å². The molecule has 1 aromatic heterocycles. The predicted octanol–water partition coefficient (Wildman–Crippen LogP) is 4.44. The average molecular weight is 348 g/mol. The third kappa shape index (κ3) is 3.25. The Labute approximate surface area is 121 Å². The van der Waals surface area contributed by atoms with Gasteiger partial charge in [-0.25, -0.2) is 4.79 Å². The molecule has 0 bridgehead atoms. The fourth-order valence-corrected chi connectivity index (χ4v) is 2.82. The van der Waals surface area contributed by atoms with Crippen LogP contribution in [0.5, 0.6) is 5.75 Å². The first-order valence-corrected chi connectivity index (χ1v) is 6.95. The van der Waals surface area contributed by atoms with Gasteiger partial charge in [0.1, 0.15) is 12.4 Å². The molecule has 0 unspecified atom stereocenters. The molecule has 0 aliphatic carbocycles. The molecule has 0 saturated heterocycles. The summed E-state index contributed by atoms with van der Waals surface area (Å²) in [5.74, 6) is -0.364. The Balaban J connectivity index is 2.08. The highest BCUT2D eigenvalue weighted by Crippen LogP contribution is 2.28. The molecule has 0 amide bonds. The molecule has 0 radical (unpaired) electrons. The number of benzene rings is 1. The molecule has 1 heterocycles. The highest BCUT2D eigenvalue weighted by Gasteiger charge is 2.08. The van der Waals surface area contributed by atoms with Crippen LogP contribution in [0.4, 0.5) is 0 Å². The van der Waals surface area contributed by atoms with Crippen LogP contribution in [0.3, 0.4) is 0 Å². The zero-order valence-electron chi connectivity index (χ0n) is 9.02. The van der Waals surface area contributed by atoms with E-state index in [-0.39, 0.29) is 5.56 Å². The second-order valence-electron chi connectivity index (χ2n) is 3.44. The summed E-state index contributed by atoms with van der Waals surface area (Å²) < 4.78 is 6.92. The number of halogens is 2. The van der Waals surface area contributed by atoms with E-state index in [4.69, 9.17) is 21.4 Å². The van der Waals surface area contributed by atoms with Gasteiger partial charge >= 0.3 is 5.97 Å². The van der Waals surface area contributed by atoms with Crippen molar-refractivity contribution >= 4 is 44.8 Å². The van der Waals surface area contributed by atoms with Crippen LogP contribution >= 0.6 is 38.9 Å². The number of carboxylic acid groups (broad SMARTS) is 1. The van der Waals surface area contributed by atoms with Crippen LogP contribution in [-0.2, 0) is 6.61 Å². The number of carboxylic acids is 1. The lowest BCUT2D eigenvalue weighted by molar-refractivity contribution is 0.0697. The monoisotopic (exact) mass is 346 g/mol. The summed E-state index contributed by atoms with van der Waals surface area (Å²) in [6, 6.07) is 8.35. The summed E-state index contributed by atoms with van der Waals surface area (Å²) in [4.78, 5) is 11.8. The first-order chi connectivity index (χ1) is 8.56. The van der Waals surface area contributed by atoms with Gasteiger partial charge in [0.2, 0.25) is 0 Å². The number of rotatable bonds is 4. The van der Waals surface area contributed by atoms with Crippen molar-refractivity contribution in [1.82, 2.24) is 0 Å². The fraction of sp³-hybridized carbons (Fsp3) is 0.0833. The molecular weight excluding hydrogens is 340 g/mol. The number of hydrogen-bond acceptors (Lipinski definition) is 3. The molecule has 18 heavy (non-hydrogen) atoms. The molecule has 0 fully saturated rings. The van der Waals surface area contributed by atoms with Gasteiger partial charge < -0.3 is 9.84 Å². The Morgan fingerprint density at radius 1 is 1.39 bits per heavy atom. The van der Waals surface area contributed by atoms with E-state index >= 15 is 0 Å². The van der Waals surface area contributed by atoms with Gasteiger partial charge in [-0.2, -0.15) is 0 Å². The van der Waals surface area contributed by atoms with E-state index in [9.17, 15) is 4.79 Å². The molecule has 0 aliphatic rings. The van der Waals surface area contributed by atoms with Crippen LogP contribution in [0.25, 0.3) is 0 Å². The maximum absolute atomic E-state index is 10.8. The highest BCUT2D eigenvalue weighted by molar-refractivity contribution is 9.10. The first-order valence-electron chi connectivity index (χ1n) is 4.96. The minimum absolute atomic E-state index is 0.216. The summed E-state index contributed by atoms with van der Waals surface area (Å²) in [5.41, 5.74) is 0.216. The smallest absolute Gasteiger partial charge is 0.335 e. The van der Waals surface area contributed by atoms with Crippen LogP contribution in [0.15, 0.2) is 34.8 Å². The van der Waals surface area contributed by atoms with Gasteiger partial charge in [-0.3, -0.25) is 0 Å². The Bertz CT molecular complexity index is 582. The minimum Gasteiger partial charge on any atom is -0.487 e. The van der Waals surface area contributed by atoms with E-state index in [1.807, 2.05) is 12.1 Å². The summed E-state index contributed by atoms with van der Waals surface area (Å²) >= 11 is 10.6. The van der Waals surface area contributed by atoms with Gasteiger partial charge in [0.25, 0.3) is 0 Å². The molecule has 3 nitrogen and oxygen atoms in total. The summed E-state index contributed by atoms with van der Waals surface area (Å²) in [6.07, 6.45) is 0. The zero-order chi connectivity index (χ0) is 13.1. The van der Waals surface area contributed by atoms with Crippen molar-refractivity contribution in [2.24, 2.45) is 0 Å². The normalized spacial score (nSPS) is 10.3. The maximum Gasteiger partial charge on any atom is 0.335 e. The largest absolute Gasteiger partial charge is 0.487 e. The van der Waals surface area contributed by atoms with Gasteiger partial charge in [-0.05, 0) is 46.3 Å². The van der Waals surface area contributed by atoms with E-state index in [1.54, 1.807) is 6.07 Å². The quantitative estimate of drug-likeness (QED) is 0.889. The Hall–Kier alpha value is -1.04. The third-order valence-electron chi connectivity index (χ3n) is 2.18. The maximum atomic E-state index is 10.8. The van der Waals surface area contributed by atoms with Crippen molar-refractivity contribution in [3.05, 3.63) is 49.6 Å². The third-order valence-corrected chi connectivity index (χ3v) is 4.00. The average Bonchev–Trinajstić information content (AvgIpc) is 2.73. The van der Waals surface area contributed by atoms with Crippen LogP contribution in [0.1, 0.15) is 15.2 Å². The fourth-order valence-electron chi connectivity index (χ4n) is 1.33. The molecule has 2 rings (SSSR count). The second kappa shape index (κ2) is 5.73. The van der Waals surface area contributed by atoms with Crippen LogP contribution < -0.4 is 4.74 Å². The topological polar surface area (TPSA) is 46.5 Å². The van der Waals surface area contributed by atoms with E-state index in [0.29, 0.717) is 21.2 Å². The number of thiophene rings is 1. The Kier molecular flexibility index (Phi) is 4.27. The number of ether oxygens (including phenoxy) is 1. The van der Waals surface area contributed by atoms with Crippen LogP contribution in [0.2, 0.25) is 4.34 Å². The van der Waals surface area contributed by atoms with Crippen molar-refractivity contribution in [2.75, 3.05) is 0 Å². The van der Waals surface area contributed by atoms with Gasteiger partial charge in [0.15, 0.2) is 0 Å². The molecular formula is C12H8BrClO3S. The number of carbonyl (C=O) groups is 1. The molecule has 1 aromatic carbocycles. The van der Waals surface area contributed by atoms with Crippen molar-refractivity contribution in [1.29, 1.82) is 0 Å². The zero-order valence-corrected chi connectivity index (χ0v) is 12.2. The van der Waals surface area contributed by atoms with E-state index < -0.39 is 5.97 Å². The SMILES string of the molecule is O=C(O)c1ccc(OCc2ccc(Cl)s2)c(Br)c1. The van der Waals surface area contributed by atoms with Crippen LogP contribution in [-0.4, -0.2) is 11.1 Å². The van der Waals surface area contributed by atoms with Crippen molar-refractivity contribution in [2.45, 2.75) is 6.61 Å². The lowest BCUT2D eigenvalue weighted by Gasteiger charge is -2.07. The lowest BCUT2D eigenvalue weighted by Crippen LogP contribution is -1.98. The van der Waals surface area contributed by atoms with Crippen LogP contribution in [0, 0.1) is 0 Å². The first kappa shape index (κ1) is 13.4. The minimum atomic E-state index is -0.965. The Morgan fingerprint density at radius 3 is 2.72 bits per heavy atom. The predicted molar refractivity (Wildman–Crippen MR) is 74.8 cm³/mol. The molecule has 94 valence electrons. The molecule has 0 atom stereocenters. The summed E-state index contributed by atoms with van der Waals surface area (Å²) in [7, 11) is 0. The van der Waals surface area contributed by atoms with E-state index in [2.05, 4.69) is 15.9 Å². The Morgan fingerprint density at radius 2 is 2.17 bits per heavy atom. The molecule has 0 aliphatic heterocycles. The van der Waals surface area contributed by atoms with Crippen molar-refractivity contribution in [3.8, 4) is 5.75 Å². The number of hydrogen-bond donors (Lipinski definition) is 1. The number of aromatic carboxylic acids is 1. The lowest BCUT2D eigenvalue weighted by atomic mass is 10.2. The second-order valence-corrected chi connectivity index (χ2v) is 6.10. The van der Waals surface area contributed by atoms with Gasteiger partial charge in [0, 0.05) is 4.88 Å². The van der Waals surface area contributed by atoms with Gasteiger partial charge in [-0.1, -0.05) is 11.6 Å². The molecule has 0 saturated carbocycles. The van der Waals surface area contributed by atoms with E-state index in [0.717, 1.165) is 4.88 Å². The molecule has 2 aromatic rings. The standard InChI is InChI=1S/C12H8BrClO3S/c13-9-5-7(12(15)16)1-3-10(9)17-6-8-2-4-11(14)18-8/h1-5H,6H2,(H,15,16). The van der Waals surface area contributed by atoms with E-state index in [1.165, 1.54) is 23.5 Å². The molecule has 1 N–H and O–H groups in total. The van der Waals surface area contributed by atoms with Gasteiger partial charge in [0.05, 0.1) is 14.4 Å². The highest BCUT2D eigenvalue weighted by atomic mass is 79.9. The summed E-state index contributed by atoms with van der Waals surface area (Å²) in [6.45, 7) is 0.405. The van der Waals surface area contributed by atoms with Crippen molar-refractivity contribution < 1.29 is 14.6 Å². The summed E-state index contributed by atoms with van der Waals surface area (Å²) in [5, 5.41) is 8.84. The molecule has 6 heteroatoms. The van der Waals surface area contributed by atoms with Gasteiger partial charge in [-0.15, -0.1) is 11.3 Å². The molecule has 0 spiro atoms.